The standard InChI is InChI=1S/C12H15N3O4/c1-7(16)19-15-11(14)9-4-2-3-8(5-9)6-10(13)12(17)18/h2-5,10H,6,13H2,1H3,(H2,14,15)(H,17,18). The molecular formula is C12H15N3O4. The van der Waals surface area contributed by atoms with Crippen molar-refractivity contribution in [3.63, 3.8) is 0 Å². The summed E-state index contributed by atoms with van der Waals surface area (Å²) in [4.78, 5) is 25.7. The minimum atomic E-state index is -1.08. The van der Waals surface area contributed by atoms with Crippen molar-refractivity contribution in [3.05, 3.63) is 35.4 Å². The number of hydrogen-bond donors (Lipinski definition) is 3. The zero-order valence-electron chi connectivity index (χ0n) is 10.4. The average molecular weight is 265 g/mol. The SMILES string of the molecule is CC(=O)ON=C(N)c1cccc(CC(N)C(=O)O)c1. The molecule has 0 fully saturated rings. The molecule has 0 amide bonds. The second-order valence-electron chi connectivity index (χ2n) is 3.91. The molecule has 5 N–H and O–H groups in total. The highest BCUT2D eigenvalue weighted by Crippen LogP contribution is 2.07. The van der Waals surface area contributed by atoms with Gasteiger partial charge in [0, 0.05) is 12.5 Å². The third kappa shape index (κ3) is 4.76. The van der Waals surface area contributed by atoms with Gasteiger partial charge in [-0.05, 0) is 18.1 Å². The van der Waals surface area contributed by atoms with Crippen LogP contribution in [0.4, 0.5) is 0 Å². The van der Waals surface area contributed by atoms with E-state index in [2.05, 4.69) is 9.99 Å². The van der Waals surface area contributed by atoms with E-state index in [1.807, 2.05) is 0 Å². The van der Waals surface area contributed by atoms with Gasteiger partial charge in [-0.15, -0.1) is 0 Å². The number of amidine groups is 1. The predicted molar refractivity (Wildman–Crippen MR) is 68.2 cm³/mol. The van der Waals surface area contributed by atoms with Gasteiger partial charge < -0.3 is 21.4 Å². The van der Waals surface area contributed by atoms with E-state index in [0.29, 0.717) is 11.1 Å². The third-order valence-corrected chi connectivity index (χ3v) is 2.27. The smallest absolute Gasteiger partial charge is 0.332 e. The number of nitrogens with two attached hydrogens (primary N) is 2. The molecule has 0 spiro atoms. The number of carboxylic acid groups (broad SMARTS) is 1. The summed E-state index contributed by atoms with van der Waals surface area (Å²) in [6, 6.07) is 5.74. The van der Waals surface area contributed by atoms with E-state index in [1.54, 1.807) is 24.3 Å². The van der Waals surface area contributed by atoms with Crippen LogP contribution in [0.3, 0.4) is 0 Å². The first-order valence-corrected chi connectivity index (χ1v) is 5.49. The fourth-order valence-corrected chi connectivity index (χ4v) is 1.37. The van der Waals surface area contributed by atoms with Gasteiger partial charge in [-0.3, -0.25) is 4.79 Å². The maximum atomic E-state index is 10.7. The summed E-state index contributed by atoms with van der Waals surface area (Å²) in [7, 11) is 0. The fraction of sp³-hybridized carbons (Fsp3) is 0.250. The first-order chi connectivity index (χ1) is 8.90. The van der Waals surface area contributed by atoms with E-state index >= 15 is 0 Å². The van der Waals surface area contributed by atoms with Gasteiger partial charge in [0.1, 0.15) is 6.04 Å². The highest BCUT2D eigenvalue weighted by Gasteiger charge is 2.12. The lowest BCUT2D eigenvalue weighted by Crippen LogP contribution is -2.32. The van der Waals surface area contributed by atoms with Gasteiger partial charge in [-0.25, -0.2) is 4.79 Å². The van der Waals surface area contributed by atoms with Crippen molar-refractivity contribution in [2.24, 2.45) is 16.6 Å². The van der Waals surface area contributed by atoms with Crippen molar-refractivity contribution in [1.82, 2.24) is 0 Å². The van der Waals surface area contributed by atoms with Gasteiger partial charge >= 0.3 is 11.9 Å². The summed E-state index contributed by atoms with van der Waals surface area (Å²) >= 11 is 0. The van der Waals surface area contributed by atoms with E-state index < -0.39 is 18.0 Å². The highest BCUT2D eigenvalue weighted by atomic mass is 16.7. The molecule has 0 radical (unpaired) electrons. The lowest BCUT2D eigenvalue weighted by Gasteiger charge is -2.07. The van der Waals surface area contributed by atoms with Crippen LogP contribution in [0.2, 0.25) is 0 Å². The number of benzene rings is 1. The van der Waals surface area contributed by atoms with Crippen molar-refractivity contribution < 1.29 is 19.5 Å². The van der Waals surface area contributed by atoms with Crippen molar-refractivity contribution >= 4 is 17.8 Å². The van der Waals surface area contributed by atoms with Crippen LogP contribution >= 0.6 is 0 Å². The first-order valence-electron chi connectivity index (χ1n) is 5.49. The number of oxime groups is 1. The van der Waals surface area contributed by atoms with Gasteiger partial charge in [-0.1, -0.05) is 23.4 Å². The Balaban J connectivity index is 2.85. The number of nitrogens with zero attached hydrogens (tertiary/aromatic N) is 1. The van der Waals surface area contributed by atoms with Crippen LogP contribution < -0.4 is 11.5 Å². The van der Waals surface area contributed by atoms with Crippen LogP contribution in [0.5, 0.6) is 0 Å². The van der Waals surface area contributed by atoms with Crippen LogP contribution in [0.15, 0.2) is 29.4 Å². The fourth-order valence-electron chi connectivity index (χ4n) is 1.37. The summed E-state index contributed by atoms with van der Waals surface area (Å²) in [6.45, 7) is 1.21. The van der Waals surface area contributed by atoms with Crippen molar-refractivity contribution in [1.29, 1.82) is 0 Å². The molecule has 0 saturated carbocycles. The van der Waals surface area contributed by atoms with Crippen LogP contribution in [-0.2, 0) is 20.8 Å². The monoisotopic (exact) mass is 265 g/mol. The Morgan fingerprint density at radius 1 is 1.47 bits per heavy atom. The van der Waals surface area contributed by atoms with Crippen LogP contribution in [0.1, 0.15) is 18.1 Å². The van der Waals surface area contributed by atoms with Gasteiger partial charge in [-0.2, -0.15) is 0 Å². The molecule has 0 aromatic heterocycles. The van der Waals surface area contributed by atoms with E-state index in [0.717, 1.165) is 0 Å². The van der Waals surface area contributed by atoms with E-state index in [4.69, 9.17) is 16.6 Å². The highest BCUT2D eigenvalue weighted by molar-refractivity contribution is 5.97. The van der Waals surface area contributed by atoms with Gasteiger partial charge in [0.2, 0.25) is 0 Å². The van der Waals surface area contributed by atoms with Crippen LogP contribution in [-0.4, -0.2) is 28.9 Å². The summed E-state index contributed by atoms with van der Waals surface area (Å²) in [5.74, 6) is -1.63. The first kappa shape index (κ1) is 14.7. The normalized spacial score (nSPS) is 12.8. The third-order valence-electron chi connectivity index (χ3n) is 2.27. The number of aliphatic carboxylic acids is 1. The Labute approximate surface area is 109 Å². The zero-order valence-corrected chi connectivity index (χ0v) is 10.4. The largest absolute Gasteiger partial charge is 0.480 e. The Hall–Kier alpha value is -2.41. The summed E-state index contributed by atoms with van der Waals surface area (Å²) in [5, 5.41) is 12.2. The van der Waals surface area contributed by atoms with Gasteiger partial charge in [0.05, 0.1) is 0 Å². The van der Waals surface area contributed by atoms with Gasteiger partial charge in [0.15, 0.2) is 5.84 Å². The molecule has 0 aliphatic rings. The second kappa shape index (κ2) is 6.50. The Morgan fingerprint density at radius 3 is 2.74 bits per heavy atom. The molecule has 1 rings (SSSR count). The molecule has 1 unspecified atom stereocenters. The molecular weight excluding hydrogens is 250 g/mol. The number of hydrogen-bond acceptors (Lipinski definition) is 5. The van der Waals surface area contributed by atoms with Crippen LogP contribution in [0.25, 0.3) is 0 Å². The summed E-state index contributed by atoms with van der Waals surface area (Å²) in [5.41, 5.74) is 12.3. The molecule has 7 nitrogen and oxygen atoms in total. The average Bonchev–Trinajstić information content (AvgIpc) is 2.36. The molecule has 0 aliphatic carbocycles. The lowest BCUT2D eigenvalue weighted by molar-refractivity contribution is -0.141. The Kier molecular flexibility index (Phi) is 5.01. The Morgan fingerprint density at radius 2 is 2.16 bits per heavy atom. The number of carbonyl (C=O) groups is 2. The molecule has 1 aromatic carbocycles. The zero-order chi connectivity index (χ0) is 14.4. The maximum Gasteiger partial charge on any atom is 0.332 e. The number of carbonyl (C=O) groups excluding carboxylic acids is 1. The van der Waals surface area contributed by atoms with E-state index in [1.165, 1.54) is 6.92 Å². The molecule has 0 aliphatic heterocycles. The summed E-state index contributed by atoms with van der Waals surface area (Å²) < 4.78 is 0. The molecule has 19 heavy (non-hydrogen) atoms. The molecule has 102 valence electrons. The van der Waals surface area contributed by atoms with Crippen molar-refractivity contribution in [2.75, 3.05) is 0 Å². The maximum absolute atomic E-state index is 10.7. The van der Waals surface area contributed by atoms with Crippen molar-refractivity contribution in [3.8, 4) is 0 Å². The summed E-state index contributed by atoms with van der Waals surface area (Å²) in [6.07, 6.45) is 0.171. The lowest BCUT2D eigenvalue weighted by atomic mass is 10.0. The molecule has 1 atom stereocenters. The molecule has 0 bridgehead atoms. The minimum Gasteiger partial charge on any atom is -0.480 e. The number of rotatable bonds is 5. The second-order valence-corrected chi connectivity index (χ2v) is 3.91. The molecule has 0 heterocycles. The number of carboxylic acids is 1. The minimum absolute atomic E-state index is 0.0287. The van der Waals surface area contributed by atoms with Crippen molar-refractivity contribution in [2.45, 2.75) is 19.4 Å². The molecule has 7 heteroatoms. The molecule has 1 aromatic rings. The quantitative estimate of drug-likeness (QED) is 0.293. The molecule has 0 saturated heterocycles. The van der Waals surface area contributed by atoms with Crippen LogP contribution in [0, 0.1) is 0 Å². The van der Waals surface area contributed by atoms with Gasteiger partial charge in [0.25, 0.3) is 0 Å². The topological polar surface area (TPSA) is 128 Å². The Bertz CT molecular complexity index is 513. The predicted octanol–water partition coefficient (Wildman–Crippen LogP) is -0.176. The van der Waals surface area contributed by atoms with E-state index in [-0.39, 0.29) is 12.3 Å². The van der Waals surface area contributed by atoms with E-state index in [9.17, 15) is 9.59 Å².